The minimum atomic E-state index is -0.147. The number of halogens is 1. The lowest BCUT2D eigenvalue weighted by molar-refractivity contribution is 0.112. The summed E-state index contributed by atoms with van der Waals surface area (Å²) in [6.45, 7) is 0. The number of aliphatic hydroxyl groups excluding tert-OH is 1. The van der Waals surface area contributed by atoms with E-state index in [-0.39, 0.29) is 6.10 Å². The quantitative estimate of drug-likeness (QED) is 0.854. The maximum Gasteiger partial charge on any atom is 0.150 e. The van der Waals surface area contributed by atoms with Gasteiger partial charge in [-0.2, -0.15) is 0 Å². The number of aliphatic hydroxyl groups is 1. The summed E-state index contributed by atoms with van der Waals surface area (Å²) in [6.07, 6.45) is 4.75. The zero-order chi connectivity index (χ0) is 12.7. The number of rotatable bonds is 2. The molecule has 0 amide bonds. The molecule has 0 saturated carbocycles. The highest BCUT2D eigenvalue weighted by Crippen LogP contribution is 2.42. The Labute approximate surface area is 115 Å². The van der Waals surface area contributed by atoms with Crippen molar-refractivity contribution in [2.45, 2.75) is 43.9 Å². The molecule has 4 heteroatoms. The van der Waals surface area contributed by atoms with E-state index in [9.17, 15) is 9.90 Å². The second kappa shape index (κ2) is 4.67. The number of nitrogens with zero attached hydrogens (tertiary/aromatic N) is 1. The van der Waals surface area contributed by atoms with Gasteiger partial charge in [0, 0.05) is 22.1 Å². The van der Waals surface area contributed by atoms with Crippen molar-refractivity contribution in [3.8, 4) is 0 Å². The van der Waals surface area contributed by atoms with Crippen molar-refractivity contribution in [2.24, 2.45) is 0 Å². The monoisotopic (exact) mass is 309 g/mol. The van der Waals surface area contributed by atoms with Crippen molar-refractivity contribution < 1.29 is 9.90 Å². The maximum atomic E-state index is 10.8. The average Bonchev–Trinajstić information content (AvgIpc) is 2.61. The molecule has 1 N–H and O–H groups in total. The highest BCUT2D eigenvalue weighted by Gasteiger charge is 2.40. The summed E-state index contributed by atoms with van der Waals surface area (Å²) in [7, 11) is 0. The first-order valence-corrected chi connectivity index (χ1v) is 7.19. The Kier molecular flexibility index (Phi) is 3.16. The van der Waals surface area contributed by atoms with E-state index in [1.54, 1.807) is 0 Å². The fraction of sp³-hybridized carbons (Fsp3) is 0.500. The summed E-state index contributed by atoms with van der Waals surface area (Å²) >= 11 is 3.56. The van der Waals surface area contributed by atoms with Crippen LogP contribution in [-0.4, -0.2) is 29.6 Å². The lowest BCUT2D eigenvalue weighted by Gasteiger charge is -2.39. The van der Waals surface area contributed by atoms with Crippen LogP contribution in [0.4, 0.5) is 5.69 Å². The lowest BCUT2D eigenvalue weighted by Crippen LogP contribution is -2.45. The molecule has 3 rings (SSSR count). The van der Waals surface area contributed by atoms with E-state index < -0.39 is 0 Å². The number of hydrogen-bond donors (Lipinski definition) is 1. The van der Waals surface area contributed by atoms with Crippen molar-refractivity contribution in [1.82, 2.24) is 0 Å². The third kappa shape index (κ3) is 1.97. The van der Waals surface area contributed by atoms with Gasteiger partial charge in [-0.15, -0.1) is 0 Å². The van der Waals surface area contributed by atoms with Crippen molar-refractivity contribution >= 4 is 27.9 Å². The normalized spacial score (nSPS) is 30.6. The van der Waals surface area contributed by atoms with E-state index in [4.69, 9.17) is 0 Å². The number of carbonyl (C=O) groups is 1. The van der Waals surface area contributed by atoms with E-state index in [0.717, 1.165) is 42.1 Å². The number of benzene rings is 1. The predicted molar refractivity (Wildman–Crippen MR) is 74.1 cm³/mol. The molecule has 2 fully saturated rings. The average molecular weight is 310 g/mol. The molecule has 2 atom stereocenters. The third-order valence-electron chi connectivity index (χ3n) is 4.09. The molecular weight excluding hydrogens is 294 g/mol. The molecule has 2 bridgehead atoms. The molecule has 18 heavy (non-hydrogen) atoms. The highest BCUT2D eigenvalue weighted by molar-refractivity contribution is 9.10. The first-order chi connectivity index (χ1) is 8.69. The second-order valence-electron chi connectivity index (χ2n) is 5.25. The predicted octanol–water partition coefficient (Wildman–Crippen LogP) is 2.75. The SMILES string of the molecule is O=Cc1ccc(N2C3CCC2CC(O)C3)c(Br)c1. The van der Waals surface area contributed by atoms with Gasteiger partial charge in [0.2, 0.25) is 0 Å². The first-order valence-electron chi connectivity index (χ1n) is 6.40. The van der Waals surface area contributed by atoms with Gasteiger partial charge in [-0.3, -0.25) is 4.79 Å². The van der Waals surface area contributed by atoms with E-state index >= 15 is 0 Å². The fourth-order valence-electron chi connectivity index (χ4n) is 3.35. The number of carbonyl (C=O) groups excluding carboxylic acids is 1. The van der Waals surface area contributed by atoms with Crippen molar-refractivity contribution in [1.29, 1.82) is 0 Å². The van der Waals surface area contributed by atoms with Crippen molar-refractivity contribution in [3.63, 3.8) is 0 Å². The van der Waals surface area contributed by atoms with Gasteiger partial charge in [-0.25, -0.2) is 0 Å². The number of aldehydes is 1. The van der Waals surface area contributed by atoms with Crippen LogP contribution < -0.4 is 4.90 Å². The van der Waals surface area contributed by atoms with Crippen molar-refractivity contribution in [3.05, 3.63) is 28.2 Å². The van der Waals surface area contributed by atoms with Crippen LogP contribution in [0.5, 0.6) is 0 Å². The van der Waals surface area contributed by atoms with Crippen LogP contribution in [0.15, 0.2) is 22.7 Å². The Bertz CT molecular complexity index is 463. The number of piperidine rings is 1. The van der Waals surface area contributed by atoms with Crippen LogP contribution >= 0.6 is 15.9 Å². The summed E-state index contributed by atoms with van der Waals surface area (Å²) in [4.78, 5) is 13.2. The molecule has 0 aromatic heterocycles. The van der Waals surface area contributed by atoms with Gasteiger partial charge < -0.3 is 10.0 Å². The molecule has 1 aromatic rings. The minimum absolute atomic E-state index is 0.147. The molecule has 2 heterocycles. The van der Waals surface area contributed by atoms with Crippen LogP contribution in [0.3, 0.4) is 0 Å². The Morgan fingerprint density at radius 1 is 1.28 bits per heavy atom. The molecule has 1 aromatic carbocycles. The standard InChI is InChI=1S/C14H16BrNO2/c15-13-5-9(8-17)1-4-14(13)16-10-2-3-11(16)7-12(18)6-10/h1,4-5,8,10-12,18H,2-3,6-7H2. The maximum absolute atomic E-state index is 10.8. The third-order valence-corrected chi connectivity index (χ3v) is 4.73. The van der Waals surface area contributed by atoms with Gasteiger partial charge in [-0.1, -0.05) is 0 Å². The van der Waals surface area contributed by atoms with Crippen LogP contribution in [0.1, 0.15) is 36.0 Å². The molecular formula is C14H16BrNO2. The summed E-state index contributed by atoms with van der Waals surface area (Å²) in [5.74, 6) is 0. The van der Waals surface area contributed by atoms with Crippen LogP contribution in [0.2, 0.25) is 0 Å². The Hall–Kier alpha value is -0.870. The number of fused-ring (bicyclic) bond motifs is 2. The summed E-state index contributed by atoms with van der Waals surface area (Å²) < 4.78 is 0.973. The van der Waals surface area contributed by atoms with E-state index in [1.807, 2.05) is 18.2 Å². The van der Waals surface area contributed by atoms with Crippen LogP contribution in [-0.2, 0) is 0 Å². The lowest BCUT2D eigenvalue weighted by atomic mass is 9.99. The summed E-state index contributed by atoms with van der Waals surface area (Å²) in [5, 5.41) is 9.82. The van der Waals surface area contributed by atoms with E-state index in [2.05, 4.69) is 20.8 Å². The van der Waals surface area contributed by atoms with Gasteiger partial charge in [0.15, 0.2) is 0 Å². The molecule has 2 aliphatic rings. The Morgan fingerprint density at radius 3 is 2.50 bits per heavy atom. The summed E-state index contributed by atoms with van der Waals surface area (Å²) in [6, 6.07) is 6.62. The molecule has 0 spiro atoms. The molecule has 0 aliphatic carbocycles. The molecule has 2 saturated heterocycles. The Balaban J connectivity index is 1.94. The van der Waals surface area contributed by atoms with Gasteiger partial charge in [0.25, 0.3) is 0 Å². The topological polar surface area (TPSA) is 40.5 Å². The van der Waals surface area contributed by atoms with Crippen LogP contribution in [0.25, 0.3) is 0 Å². The molecule has 2 aliphatic heterocycles. The van der Waals surface area contributed by atoms with Gasteiger partial charge in [0.1, 0.15) is 6.29 Å². The molecule has 3 nitrogen and oxygen atoms in total. The zero-order valence-corrected chi connectivity index (χ0v) is 11.6. The highest BCUT2D eigenvalue weighted by atomic mass is 79.9. The molecule has 0 radical (unpaired) electrons. The van der Waals surface area contributed by atoms with E-state index in [1.165, 1.54) is 0 Å². The Morgan fingerprint density at radius 2 is 1.94 bits per heavy atom. The fourth-order valence-corrected chi connectivity index (χ4v) is 3.95. The van der Waals surface area contributed by atoms with Crippen molar-refractivity contribution in [2.75, 3.05) is 4.90 Å². The van der Waals surface area contributed by atoms with Crippen LogP contribution in [0, 0.1) is 0 Å². The molecule has 96 valence electrons. The van der Waals surface area contributed by atoms with Gasteiger partial charge in [0.05, 0.1) is 11.8 Å². The van der Waals surface area contributed by atoms with E-state index in [0.29, 0.717) is 17.6 Å². The smallest absolute Gasteiger partial charge is 0.150 e. The number of hydrogen-bond acceptors (Lipinski definition) is 3. The largest absolute Gasteiger partial charge is 0.393 e. The summed E-state index contributed by atoms with van der Waals surface area (Å²) in [5.41, 5.74) is 1.84. The van der Waals surface area contributed by atoms with Gasteiger partial charge >= 0.3 is 0 Å². The number of anilines is 1. The second-order valence-corrected chi connectivity index (χ2v) is 6.10. The first kappa shape index (κ1) is 12.2. The molecule has 2 unspecified atom stereocenters. The minimum Gasteiger partial charge on any atom is -0.393 e. The zero-order valence-electron chi connectivity index (χ0n) is 10.1. The van der Waals surface area contributed by atoms with Gasteiger partial charge in [-0.05, 0) is 59.8 Å².